The van der Waals surface area contributed by atoms with E-state index in [9.17, 15) is 8.42 Å². The van der Waals surface area contributed by atoms with Crippen LogP contribution in [0, 0.1) is 0 Å². The maximum atomic E-state index is 12.8. The molecule has 0 fully saturated rings. The van der Waals surface area contributed by atoms with Crippen molar-refractivity contribution in [2.75, 3.05) is 25.4 Å². The Morgan fingerprint density at radius 1 is 1.24 bits per heavy atom. The van der Waals surface area contributed by atoms with Crippen LogP contribution in [0.2, 0.25) is 0 Å². The second-order valence-electron chi connectivity index (χ2n) is 5.48. The molecule has 1 aromatic carbocycles. The number of nitrogens with zero attached hydrogens (tertiary/aromatic N) is 2. The first-order chi connectivity index (χ1) is 10.0. The van der Waals surface area contributed by atoms with Crippen molar-refractivity contribution < 1.29 is 8.42 Å². The first kappa shape index (κ1) is 16.3. The van der Waals surface area contributed by atoms with Gasteiger partial charge in [-0.1, -0.05) is 26.0 Å². The maximum absolute atomic E-state index is 12.8. The quantitative estimate of drug-likeness (QED) is 0.817. The molecule has 0 amide bonds. The van der Waals surface area contributed by atoms with E-state index < -0.39 is 10.2 Å². The average Bonchev–Trinajstić information content (AvgIpc) is 2.47. The SMILES string of the molecule is CCCN(CCC)S(=O)(=O)N1CCc2cccc(N)c2C1. The largest absolute Gasteiger partial charge is 0.398 e. The van der Waals surface area contributed by atoms with Crippen LogP contribution in [-0.4, -0.2) is 36.7 Å². The van der Waals surface area contributed by atoms with Gasteiger partial charge < -0.3 is 5.73 Å². The van der Waals surface area contributed by atoms with Gasteiger partial charge in [0.15, 0.2) is 0 Å². The number of nitrogen functional groups attached to an aromatic ring is 1. The Morgan fingerprint density at radius 3 is 2.52 bits per heavy atom. The van der Waals surface area contributed by atoms with Gasteiger partial charge in [0.25, 0.3) is 10.2 Å². The number of anilines is 1. The molecule has 0 saturated carbocycles. The lowest BCUT2D eigenvalue weighted by molar-refractivity contribution is 0.324. The van der Waals surface area contributed by atoms with Crippen LogP contribution in [-0.2, 0) is 23.2 Å². The highest BCUT2D eigenvalue weighted by Gasteiger charge is 2.31. The first-order valence-electron chi connectivity index (χ1n) is 7.62. The molecule has 0 bridgehead atoms. The summed E-state index contributed by atoms with van der Waals surface area (Å²) >= 11 is 0. The Hall–Kier alpha value is -1.11. The number of rotatable bonds is 6. The molecule has 1 aromatic rings. The van der Waals surface area contributed by atoms with Crippen LogP contribution in [0.5, 0.6) is 0 Å². The molecule has 0 unspecified atom stereocenters. The van der Waals surface area contributed by atoms with Crippen molar-refractivity contribution in [3.05, 3.63) is 29.3 Å². The number of fused-ring (bicyclic) bond motifs is 1. The summed E-state index contributed by atoms with van der Waals surface area (Å²) in [5, 5.41) is 0. The standard InChI is InChI=1S/C15H25N3O2S/c1-3-9-17(10-4-2)21(19,20)18-11-8-13-6-5-7-15(16)14(13)12-18/h5-7H,3-4,8-12,16H2,1-2H3. The molecule has 21 heavy (non-hydrogen) atoms. The Bertz CT molecular complexity index is 581. The van der Waals surface area contributed by atoms with Crippen molar-refractivity contribution in [3.63, 3.8) is 0 Å². The summed E-state index contributed by atoms with van der Waals surface area (Å²) < 4.78 is 28.8. The number of hydrogen-bond acceptors (Lipinski definition) is 3. The van der Waals surface area contributed by atoms with Crippen molar-refractivity contribution in [1.82, 2.24) is 8.61 Å². The third-order valence-corrected chi connectivity index (χ3v) is 5.85. The van der Waals surface area contributed by atoms with Gasteiger partial charge in [-0.2, -0.15) is 17.0 Å². The van der Waals surface area contributed by atoms with E-state index in [2.05, 4.69) is 0 Å². The molecule has 0 radical (unpaired) electrons. The molecule has 2 rings (SSSR count). The van der Waals surface area contributed by atoms with Crippen LogP contribution in [0.25, 0.3) is 0 Å². The predicted molar refractivity (Wildman–Crippen MR) is 86.0 cm³/mol. The van der Waals surface area contributed by atoms with E-state index in [-0.39, 0.29) is 0 Å². The summed E-state index contributed by atoms with van der Waals surface area (Å²) in [7, 11) is -3.40. The van der Waals surface area contributed by atoms with E-state index in [0.717, 1.165) is 24.8 Å². The van der Waals surface area contributed by atoms with Gasteiger partial charge >= 0.3 is 0 Å². The topological polar surface area (TPSA) is 66.6 Å². The molecule has 5 nitrogen and oxygen atoms in total. The van der Waals surface area contributed by atoms with E-state index >= 15 is 0 Å². The lowest BCUT2D eigenvalue weighted by atomic mass is 10.00. The van der Waals surface area contributed by atoms with Gasteiger partial charge in [0.2, 0.25) is 0 Å². The Kier molecular flexibility index (Phi) is 5.24. The van der Waals surface area contributed by atoms with Crippen LogP contribution in [0.4, 0.5) is 5.69 Å². The fourth-order valence-electron chi connectivity index (χ4n) is 2.78. The van der Waals surface area contributed by atoms with Crippen molar-refractivity contribution in [2.45, 2.75) is 39.7 Å². The van der Waals surface area contributed by atoms with E-state index in [1.165, 1.54) is 5.56 Å². The Labute approximate surface area is 127 Å². The van der Waals surface area contributed by atoms with Gasteiger partial charge in [-0.05, 0) is 36.5 Å². The van der Waals surface area contributed by atoms with Crippen molar-refractivity contribution in [2.24, 2.45) is 0 Å². The van der Waals surface area contributed by atoms with E-state index in [1.807, 2.05) is 32.0 Å². The monoisotopic (exact) mass is 311 g/mol. The summed E-state index contributed by atoms with van der Waals surface area (Å²) in [5.74, 6) is 0. The molecule has 1 heterocycles. The molecule has 0 aromatic heterocycles. The number of hydrogen-bond donors (Lipinski definition) is 1. The lowest BCUT2D eigenvalue weighted by Crippen LogP contribution is -2.46. The highest BCUT2D eigenvalue weighted by Crippen LogP contribution is 2.27. The van der Waals surface area contributed by atoms with Gasteiger partial charge in [0.1, 0.15) is 0 Å². The molecular weight excluding hydrogens is 286 g/mol. The van der Waals surface area contributed by atoms with E-state index in [0.29, 0.717) is 31.9 Å². The zero-order valence-corrected chi connectivity index (χ0v) is 13.7. The number of benzene rings is 1. The van der Waals surface area contributed by atoms with Crippen molar-refractivity contribution >= 4 is 15.9 Å². The molecule has 118 valence electrons. The minimum absolute atomic E-state index is 0.383. The molecule has 1 aliphatic rings. The van der Waals surface area contributed by atoms with Crippen molar-refractivity contribution in [1.29, 1.82) is 0 Å². The van der Waals surface area contributed by atoms with Crippen LogP contribution in [0.3, 0.4) is 0 Å². The number of nitrogens with two attached hydrogens (primary N) is 1. The highest BCUT2D eigenvalue weighted by atomic mass is 32.2. The van der Waals surface area contributed by atoms with Crippen LogP contribution in [0.15, 0.2) is 18.2 Å². The highest BCUT2D eigenvalue weighted by molar-refractivity contribution is 7.86. The molecule has 0 saturated heterocycles. The Morgan fingerprint density at radius 2 is 1.90 bits per heavy atom. The van der Waals surface area contributed by atoms with Gasteiger partial charge in [-0.3, -0.25) is 0 Å². The molecule has 0 atom stereocenters. The molecule has 1 aliphatic heterocycles. The predicted octanol–water partition coefficient (Wildman–Crippen LogP) is 1.99. The normalized spacial score (nSPS) is 16.1. The third-order valence-electron chi connectivity index (χ3n) is 3.87. The zero-order valence-electron chi connectivity index (χ0n) is 12.9. The van der Waals surface area contributed by atoms with Gasteiger partial charge in [0, 0.05) is 31.9 Å². The second-order valence-corrected chi connectivity index (χ2v) is 7.40. The van der Waals surface area contributed by atoms with Crippen molar-refractivity contribution in [3.8, 4) is 0 Å². The fraction of sp³-hybridized carbons (Fsp3) is 0.600. The lowest BCUT2D eigenvalue weighted by Gasteiger charge is -2.33. The smallest absolute Gasteiger partial charge is 0.282 e. The summed E-state index contributed by atoms with van der Waals surface area (Å²) in [6.45, 7) is 6.06. The maximum Gasteiger partial charge on any atom is 0.282 e. The molecular formula is C15H25N3O2S. The second kappa shape index (κ2) is 6.77. The third kappa shape index (κ3) is 3.39. The minimum atomic E-state index is -3.40. The molecule has 0 aliphatic carbocycles. The van der Waals surface area contributed by atoms with Crippen LogP contribution >= 0.6 is 0 Å². The molecule has 6 heteroatoms. The summed E-state index contributed by atoms with van der Waals surface area (Å²) in [5.41, 5.74) is 8.81. The summed E-state index contributed by atoms with van der Waals surface area (Å²) in [6, 6.07) is 5.80. The minimum Gasteiger partial charge on any atom is -0.398 e. The zero-order chi connectivity index (χ0) is 15.5. The Balaban J connectivity index is 2.24. The van der Waals surface area contributed by atoms with E-state index in [4.69, 9.17) is 5.73 Å². The summed E-state index contributed by atoms with van der Waals surface area (Å²) in [6.07, 6.45) is 2.38. The fourth-order valence-corrected chi connectivity index (χ4v) is 4.55. The average molecular weight is 311 g/mol. The molecule has 0 spiro atoms. The van der Waals surface area contributed by atoms with Gasteiger partial charge in [0.05, 0.1) is 0 Å². The van der Waals surface area contributed by atoms with Crippen LogP contribution in [0.1, 0.15) is 37.8 Å². The summed E-state index contributed by atoms with van der Waals surface area (Å²) in [4.78, 5) is 0. The van der Waals surface area contributed by atoms with Crippen LogP contribution < -0.4 is 5.73 Å². The van der Waals surface area contributed by atoms with E-state index in [1.54, 1.807) is 8.61 Å². The van der Waals surface area contributed by atoms with Gasteiger partial charge in [-0.15, -0.1) is 0 Å². The first-order valence-corrected chi connectivity index (χ1v) is 9.01. The molecule has 2 N–H and O–H groups in total. The van der Waals surface area contributed by atoms with Gasteiger partial charge in [-0.25, -0.2) is 0 Å².